The first-order chi connectivity index (χ1) is 13.7. The van der Waals surface area contributed by atoms with E-state index >= 15 is 0 Å². The monoisotopic (exact) mass is 394 g/mol. The maximum atomic E-state index is 6.24. The first kappa shape index (κ1) is 17.0. The van der Waals surface area contributed by atoms with Gasteiger partial charge in [0.05, 0.1) is 17.4 Å². The third-order valence-corrected chi connectivity index (χ3v) is 5.05. The number of aromatic amines is 2. The van der Waals surface area contributed by atoms with Crippen molar-refractivity contribution in [1.82, 2.24) is 30.1 Å². The molecule has 0 spiro atoms. The first-order valence-corrected chi connectivity index (χ1v) is 9.51. The number of nitrogens with one attached hydrogen (secondary N) is 3. The van der Waals surface area contributed by atoms with Gasteiger partial charge in [-0.05, 0) is 31.0 Å². The minimum atomic E-state index is 0.583. The molecule has 1 aliphatic rings. The maximum absolute atomic E-state index is 6.24. The molecule has 142 valence electrons. The Morgan fingerprint density at radius 1 is 1.21 bits per heavy atom. The number of aromatic nitrogens is 6. The quantitative estimate of drug-likeness (QED) is 0.457. The van der Waals surface area contributed by atoms with E-state index in [2.05, 4.69) is 35.5 Å². The minimum absolute atomic E-state index is 0.583. The molecule has 0 aliphatic heterocycles. The molecule has 9 heteroatoms. The summed E-state index contributed by atoms with van der Waals surface area (Å²) in [6.45, 7) is 0.583. The molecule has 0 saturated heterocycles. The van der Waals surface area contributed by atoms with Gasteiger partial charge < -0.3 is 15.2 Å². The van der Waals surface area contributed by atoms with Crippen LogP contribution >= 0.6 is 11.6 Å². The molecule has 3 N–H and O–H groups in total. The van der Waals surface area contributed by atoms with Gasteiger partial charge in [-0.3, -0.25) is 5.10 Å². The first-order valence-electron chi connectivity index (χ1n) is 9.14. The SMILES string of the molecule is CN(Cc1cc(Cl)cc2[nH]cnc12)c1nccc(Nc2cc(C3CC3)[nH]n2)n1. The third kappa shape index (κ3) is 3.38. The molecule has 1 saturated carbocycles. The highest BCUT2D eigenvalue weighted by molar-refractivity contribution is 6.31. The van der Waals surface area contributed by atoms with Crippen molar-refractivity contribution in [2.45, 2.75) is 25.3 Å². The van der Waals surface area contributed by atoms with E-state index in [4.69, 9.17) is 11.6 Å². The Hall–Kier alpha value is -3.13. The third-order valence-electron chi connectivity index (χ3n) is 4.83. The second-order valence-corrected chi connectivity index (χ2v) is 7.51. The van der Waals surface area contributed by atoms with Gasteiger partial charge in [0.2, 0.25) is 5.95 Å². The van der Waals surface area contributed by atoms with Crippen LogP contribution in [0.2, 0.25) is 5.02 Å². The lowest BCUT2D eigenvalue weighted by Crippen LogP contribution is -2.19. The lowest BCUT2D eigenvalue weighted by atomic mass is 10.2. The van der Waals surface area contributed by atoms with Crippen molar-refractivity contribution in [2.24, 2.45) is 0 Å². The molecule has 28 heavy (non-hydrogen) atoms. The summed E-state index contributed by atoms with van der Waals surface area (Å²) in [7, 11) is 1.94. The predicted molar refractivity (Wildman–Crippen MR) is 109 cm³/mol. The molecule has 3 aromatic heterocycles. The number of hydrogen-bond acceptors (Lipinski definition) is 6. The maximum Gasteiger partial charge on any atom is 0.227 e. The molecule has 5 rings (SSSR count). The molecule has 4 aromatic rings. The van der Waals surface area contributed by atoms with E-state index < -0.39 is 0 Å². The summed E-state index contributed by atoms with van der Waals surface area (Å²) in [4.78, 5) is 18.5. The minimum Gasteiger partial charge on any atom is -0.345 e. The second kappa shape index (κ2) is 6.79. The Balaban J connectivity index is 1.35. The number of benzene rings is 1. The number of rotatable bonds is 6. The largest absolute Gasteiger partial charge is 0.345 e. The number of anilines is 3. The van der Waals surface area contributed by atoms with Crippen LogP contribution in [0, 0.1) is 0 Å². The molecule has 3 heterocycles. The molecule has 0 atom stereocenters. The van der Waals surface area contributed by atoms with Gasteiger partial charge in [-0.15, -0.1) is 0 Å². The molecule has 0 amide bonds. The molecule has 0 radical (unpaired) electrons. The Morgan fingerprint density at radius 2 is 2.11 bits per heavy atom. The smallest absolute Gasteiger partial charge is 0.227 e. The average Bonchev–Trinajstić information content (AvgIpc) is 3.24. The van der Waals surface area contributed by atoms with Crippen molar-refractivity contribution >= 4 is 40.2 Å². The average molecular weight is 395 g/mol. The molecule has 1 aromatic carbocycles. The van der Waals surface area contributed by atoms with E-state index in [1.54, 1.807) is 12.5 Å². The normalized spacial score (nSPS) is 13.8. The van der Waals surface area contributed by atoms with Gasteiger partial charge in [0, 0.05) is 48.1 Å². The lowest BCUT2D eigenvalue weighted by Gasteiger charge is -2.18. The van der Waals surface area contributed by atoms with Crippen LogP contribution in [0.1, 0.15) is 30.0 Å². The Bertz CT molecular complexity index is 1130. The molecule has 0 unspecified atom stereocenters. The van der Waals surface area contributed by atoms with Crippen molar-refractivity contribution < 1.29 is 0 Å². The Kier molecular flexibility index (Phi) is 4.12. The van der Waals surface area contributed by atoms with Crippen molar-refractivity contribution in [3.05, 3.63) is 53.1 Å². The van der Waals surface area contributed by atoms with Crippen LogP contribution in [-0.4, -0.2) is 37.2 Å². The van der Waals surface area contributed by atoms with Crippen molar-refractivity contribution in [3.8, 4) is 0 Å². The standard InChI is InChI=1S/C19H19ClN8/c1-28(9-12-6-13(20)7-15-18(12)23-10-22-15)19-21-5-4-16(25-19)24-17-8-14(26-27-17)11-2-3-11/h4-8,10-11H,2-3,9H2,1H3,(H,22,23)(H2,21,24,25,26,27). The van der Waals surface area contributed by atoms with Gasteiger partial charge in [-0.2, -0.15) is 10.1 Å². The van der Waals surface area contributed by atoms with Gasteiger partial charge in [-0.25, -0.2) is 9.97 Å². The van der Waals surface area contributed by atoms with Crippen LogP contribution < -0.4 is 10.2 Å². The molecule has 0 bridgehead atoms. The van der Waals surface area contributed by atoms with E-state index in [0.29, 0.717) is 29.3 Å². The molecular weight excluding hydrogens is 376 g/mol. The van der Waals surface area contributed by atoms with Gasteiger partial charge in [0.15, 0.2) is 5.82 Å². The van der Waals surface area contributed by atoms with Crippen LogP contribution in [-0.2, 0) is 6.54 Å². The van der Waals surface area contributed by atoms with E-state index in [0.717, 1.165) is 22.4 Å². The summed E-state index contributed by atoms with van der Waals surface area (Å²) < 4.78 is 0. The lowest BCUT2D eigenvalue weighted by molar-refractivity contribution is 0.871. The fraction of sp³-hybridized carbons (Fsp3) is 0.263. The Labute approximate surface area is 166 Å². The zero-order valence-corrected chi connectivity index (χ0v) is 16.0. The van der Waals surface area contributed by atoms with Crippen molar-refractivity contribution in [3.63, 3.8) is 0 Å². The highest BCUT2D eigenvalue weighted by atomic mass is 35.5. The molecule has 1 aliphatic carbocycles. The number of hydrogen-bond donors (Lipinski definition) is 3. The molecular formula is C19H19ClN8. The van der Waals surface area contributed by atoms with Crippen LogP contribution in [0.3, 0.4) is 0 Å². The topological polar surface area (TPSA) is 98.4 Å². The summed E-state index contributed by atoms with van der Waals surface area (Å²) in [5.41, 5.74) is 4.00. The second-order valence-electron chi connectivity index (χ2n) is 7.07. The van der Waals surface area contributed by atoms with E-state index in [9.17, 15) is 0 Å². The highest BCUT2D eigenvalue weighted by Crippen LogP contribution is 2.39. The molecule has 8 nitrogen and oxygen atoms in total. The number of H-pyrrole nitrogens is 2. The summed E-state index contributed by atoms with van der Waals surface area (Å²) in [6.07, 6.45) is 5.87. The van der Waals surface area contributed by atoms with Crippen LogP contribution in [0.15, 0.2) is 36.8 Å². The highest BCUT2D eigenvalue weighted by Gasteiger charge is 2.25. The summed E-state index contributed by atoms with van der Waals surface area (Å²) in [5, 5.41) is 11.3. The van der Waals surface area contributed by atoms with Gasteiger partial charge in [-0.1, -0.05) is 11.6 Å². The van der Waals surface area contributed by atoms with E-state index in [-0.39, 0.29) is 0 Å². The van der Waals surface area contributed by atoms with Gasteiger partial charge >= 0.3 is 0 Å². The number of halogens is 1. The van der Waals surface area contributed by atoms with Crippen LogP contribution in [0.4, 0.5) is 17.6 Å². The van der Waals surface area contributed by atoms with Crippen LogP contribution in [0.25, 0.3) is 11.0 Å². The Morgan fingerprint density at radius 3 is 2.96 bits per heavy atom. The number of imidazole rings is 1. The summed E-state index contributed by atoms with van der Waals surface area (Å²) >= 11 is 6.24. The number of nitrogens with zero attached hydrogens (tertiary/aromatic N) is 5. The summed E-state index contributed by atoms with van der Waals surface area (Å²) in [6, 6.07) is 7.66. The fourth-order valence-electron chi connectivity index (χ4n) is 3.27. The zero-order chi connectivity index (χ0) is 19.1. The number of fused-ring (bicyclic) bond motifs is 1. The van der Waals surface area contributed by atoms with Gasteiger partial charge in [0.25, 0.3) is 0 Å². The van der Waals surface area contributed by atoms with Crippen LogP contribution in [0.5, 0.6) is 0 Å². The van der Waals surface area contributed by atoms with Crippen molar-refractivity contribution in [1.29, 1.82) is 0 Å². The van der Waals surface area contributed by atoms with E-state index in [1.807, 2.05) is 36.2 Å². The predicted octanol–water partition coefficient (Wildman–Crippen LogP) is 3.99. The van der Waals surface area contributed by atoms with Gasteiger partial charge in [0.1, 0.15) is 5.82 Å². The van der Waals surface area contributed by atoms with E-state index in [1.165, 1.54) is 18.5 Å². The zero-order valence-electron chi connectivity index (χ0n) is 15.3. The fourth-order valence-corrected chi connectivity index (χ4v) is 3.51. The molecule has 1 fully saturated rings. The van der Waals surface area contributed by atoms with Crippen molar-refractivity contribution in [2.75, 3.05) is 17.3 Å². The summed E-state index contributed by atoms with van der Waals surface area (Å²) in [5.74, 6) is 2.70.